The molecule has 0 bridgehead atoms. The number of likely N-dealkylation sites (tertiary alicyclic amines) is 1. The molecular weight excluding hydrogens is 234 g/mol. The lowest BCUT2D eigenvalue weighted by molar-refractivity contribution is 0.00379. The first-order chi connectivity index (χ1) is 9.11. The second-order valence-corrected chi connectivity index (χ2v) is 6.89. The summed E-state index contributed by atoms with van der Waals surface area (Å²) in [6.45, 7) is 12.6. The number of likely N-dealkylation sites (N-methyl/N-ethyl adjacent to an activating group) is 1. The number of piperidine rings is 1. The van der Waals surface area contributed by atoms with Crippen LogP contribution in [0, 0.1) is 5.92 Å². The maximum Gasteiger partial charge on any atom is 0.0356 e. The van der Waals surface area contributed by atoms with Crippen LogP contribution < -0.4 is 5.73 Å². The molecule has 1 aliphatic carbocycles. The Morgan fingerprint density at radius 2 is 1.89 bits per heavy atom. The van der Waals surface area contributed by atoms with Gasteiger partial charge in [-0.1, -0.05) is 13.3 Å². The van der Waals surface area contributed by atoms with Crippen molar-refractivity contribution in [2.75, 3.05) is 32.7 Å². The van der Waals surface area contributed by atoms with Crippen molar-refractivity contribution in [1.29, 1.82) is 0 Å². The van der Waals surface area contributed by atoms with Crippen molar-refractivity contribution in [3.8, 4) is 0 Å². The molecule has 0 aromatic rings. The Morgan fingerprint density at radius 1 is 1.26 bits per heavy atom. The van der Waals surface area contributed by atoms with E-state index in [-0.39, 0.29) is 5.54 Å². The van der Waals surface area contributed by atoms with Gasteiger partial charge in [0.05, 0.1) is 0 Å². The highest BCUT2D eigenvalue weighted by molar-refractivity contribution is 4.97. The van der Waals surface area contributed by atoms with E-state index < -0.39 is 0 Å². The largest absolute Gasteiger partial charge is 0.329 e. The van der Waals surface area contributed by atoms with Crippen LogP contribution in [-0.2, 0) is 0 Å². The summed E-state index contributed by atoms with van der Waals surface area (Å²) in [4.78, 5) is 5.32. The number of nitrogens with zero attached hydrogens (tertiary/aromatic N) is 2. The predicted molar refractivity (Wildman–Crippen MR) is 82.3 cm³/mol. The molecule has 112 valence electrons. The fourth-order valence-corrected chi connectivity index (χ4v) is 3.75. The van der Waals surface area contributed by atoms with Crippen LogP contribution in [0.25, 0.3) is 0 Å². The summed E-state index contributed by atoms with van der Waals surface area (Å²) >= 11 is 0. The van der Waals surface area contributed by atoms with Gasteiger partial charge in [-0.05, 0) is 52.0 Å². The number of nitrogens with two attached hydrogens (primary N) is 1. The van der Waals surface area contributed by atoms with Gasteiger partial charge in [-0.3, -0.25) is 4.90 Å². The minimum absolute atomic E-state index is 0.287. The van der Waals surface area contributed by atoms with Gasteiger partial charge in [0.15, 0.2) is 0 Å². The zero-order valence-corrected chi connectivity index (χ0v) is 13.2. The number of hydrogen-bond acceptors (Lipinski definition) is 3. The molecule has 1 heterocycles. The smallest absolute Gasteiger partial charge is 0.0356 e. The highest BCUT2D eigenvalue weighted by Crippen LogP contribution is 2.33. The van der Waals surface area contributed by atoms with E-state index in [9.17, 15) is 0 Å². The molecule has 1 saturated heterocycles. The third-order valence-electron chi connectivity index (χ3n) is 5.59. The molecular formula is C16H33N3. The van der Waals surface area contributed by atoms with Crippen molar-refractivity contribution in [2.45, 2.75) is 64.5 Å². The van der Waals surface area contributed by atoms with E-state index in [1.165, 1.54) is 51.7 Å². The molecule has 2 rings (SSSR count). The Kier molecular flexibility index (Phi) is 5.27. The average Bonchev–Trinajstić information content (AvgIpc) is 2.37. The Morgan fingerprint density at radius 3 is 2.26 bits per heavy atom. The van der Waals surface area contributed by atoms with E-state index in [0.29, 0.717) is 6.04 Å². The fourth-order valence-electron chi connectivity index (χ4n) is 3.75. The lowest BCUT2D eigenvalue weighted by Crippen LogP contribution is -2.61. The molecule has 0 atom stereocenters. The summed E-state index contributed by atoms with van der Waals surface area (Å²) in [7, 11) is 0. The summed E-state index contributed by atoms with van der Waals surface area (Å²) in [5.74, 6) is 0.950. The number of rotatable bonds is 6. The van der Waals surface area contributed by atoms with Crippen molar-refractivity contribution in [2.24, 2.45) is 11.7 Å². The summed E-state index contributed by atoms with van der Waals surface area (Å²) in [6.07, 6.45) is 6.83. The maximum atomic E-state index is 6.21. The summed E-state index contributed by atoms with van der Waals surface area (Å²) in [5, 5.41) is 0. The van der Waals surface area contributed by atoms with Gasteiger partial charge in [0.25, 0.3) is 0 Å². The SMILES string of the molecule is CCN(CC1CCC1)C1(CN)CCN(C(C)C)CC1. The second-order valence-electron chi connectivity index (χ2n) is 6.89. The zero-order chi connectivity index (χ0) is 13.9. The van der Waals surface area contributed by atoms with Crippen LogP contribution in [0.5, 0.6) is 0 Å². The van der Waals surface area contributed by atoms with Crippen LogP contribution in [0.15, 0.2) is 0 Å². The minimum Gasteiger partial charge on any atom is -0.329 e. The topological polar surface area (TPSA) is 32.5 Å². The minimum atomic E-state index is 0.287. The van der Waals surface area contributed by atoms with Crippen LogP contribution in [0.3, 0.4) is 0 Å². The lowest BCUT2D eigenvalue weighted by Gasteiger charge is -2.50. The Balaban J connectivity index is 1.96. The van der Waals surface area contributed by atoms with E-state index in [0.717, 1.165) is 19.0 Å². The normalized spacial score (nSPS) is 24.9. The van der Waals surface area contributed by atoms with Crippen LogP contribution >= 0.6 is 0 Å². The van der Waals surface area contributed by atoms with Crippen LogP contribution in [0.2, 0.25) is 0 Å². The van der Waals surface area contributed by atoms with Gasteiger partial charge in [0.1, 0.15) is 0 Å². The van der Waals surface area contributed by atoms with E-state index in [1.807, 2.05) is 0 Å². The van der Waals surface area contributed by atoms with E-state index in [1.54, 1.807) is 0 Å². The second kappa shape index (κ2) is 6.55. The fraction of sp³-hybridized carbons (Fsp3) is 1.00. The van der Waals surface area contributed by atoms with E-state index in [2.05, 4.69) is 30.6 Å². The first kappa shape index (κ1) is 15.3. The van der Waals surface area contributed by atoms with Gasteiger partial charge in [0, 0.05) is 37.8 Å². The summed E-state index contributed by atoms with van der Waals surface area (Å²) in [6, 6.07) is 0.678. The van der Waals surface area contributed by atoms with Gasteiger partial charge >= 0.3 is 0 Å². The van der Waals surface area contributed by atoms with Crippen molar-refractivity contribution < 1.29 is 0 Å². The maximum absolute atomic E-state index is 6.21. The molecule has 2 N–H and O–H groups in total. The molecule has 2 aliphatic rings. The zero-order valence-electron chi connectivity index (χ0n) is 13.2. The molecule has 0 amide bonds. The summed E-state index contributed by atoms with van der Waals surface area (Å²) < 4.78 is 0. The lowest BCUT2D eigenvalue weighted by atomic mass is 9.80. The quantitative estimate of drug-likeness (QED) is 0.801. The number of hydrogen-bond donors (Lipinski definition) is 1. The molecule has 19 heavy (non-hydrogen) atoms. The molecule has 0 spiro atoms. The highest BCUT2D eigenvalue weighted by atomic mass is 15.2. The van der Waals surface area contributed by atoms with Crippen LogP contribution in [0.4, 0.5) is 0 Å². The third kappa shape index (κ3) is 3.32. The Labute approximate surface area is 119 Å². The van der Waals surface area contributed by atoms with Gasteiger partial charge in [-0.15, -0.1) is 0 Å². The molecule has 0 unspecified atom stereocenters. The molecule has 3 heteroatoms. The third-order valence-corrected chi connectivity index (χ3v) is 5.59. The molecule has 1 aliphatic heterocycles. The Hall–Kier alpha value is -0.120. The van der Waals surface area contributed by atoms with Gasteiger partial charge in [0.2, 0.25) is 0 Å². The van der Waals surface area contributed by atoms with Crippen molar-refractivity contribution >= 4 is 0 Å². The van der Waals surface area contributed by atoms with Crippen molar-refractivity contribution in [1.82, 2.24) is 9.80 Å². The van der Waals surface area contributed by atoms with Gasteiger partial charge < -0.3 is 10.6 Å². The Bertz CT molecular complexity index is 265. The van der Waals surface area contributed by atoms with E-state index in [4.69, 9.17) is 5.73 Å². The predicted octanol–water partition coefficient (Wildman–Crippen LogP) is 2.31. The molecule has 1 saturated carbocycles. The monoisotopic (exact) mass is 267 g/mol. The van der Waals surface area contributed by atoms with Crippen molar-refractivity contribution in [3.63, 3.8) is 0 Å². The van der Waals surface area contributed by atoms with E-state index >= 15 is 0 Å². The van der Waals surface area contributed by atoms with Crippen LogP contribution in [0.1, 0.15) is 52.9 Å². The van der Waals surface area contributed by atoms with Gasteiger partial charge in [-0.2, -0.15) is 0 Å². The first-order valence-corrected chi connectivity index (χ1v) is 8.30. The van der Waals surface area contributed by atoms with Crippen LogP contribution in [-0.4, -0.2) is 54.1 Å². The molecule has 2 fully saturated rings. The standard InChI is InChI=1S/C16H33N3/c1-4-19(12-15-6-5-7-15)16(13-17)8-10-18(11-9-16)14(2)3/h14-15H,4-13,17H2,1-3H3. The molecule has 0 aromatic carbocycles. The first-order valence-electron chi connectivity index (χ1n) is 8.30. The molecule has 0 aromatic heterocycles. The van der Waals surface area contributed by atoms with Crippen molar-refractivity contribution in [3.05, 3.63) is 0 Å². The van der Waals surface area contributed by atoms with Gasteiger partial charge in [-0.25, -0.2) is 0 Å². The molecule has 0 radical (unpaired) electrons. The average molecular weight is 267 g/mol. The summed E-state index contributed by atoms with van der Waals surface area (Å²) in [5.41, 5.74) is 6.50. The highest BCUT2D eigenvalue weighted by Gasteiger charge is 2.39. The molecule has 3 nitrogen and oxygen atoms in total.